The molecule has 1 unspecified atom stereocenters. The molecule has 0 saturated carbocycles. The summed E-state index contributed by atoms with van der Waals surface area (Å²) in [5.41, 5.74) is 2.04. The van der Waals surface area contributed by atoms with Crippen molar-refractivity contribution < 1.29 is 14.7 Å². The van der Waals surface area contributed by atoms with Gasteiger partial charge in [-0.05, 0) is 36.0 Å². The molecule has 0 spiro atoms. The number of carboxylic acids is 1. The Morgan fingerprint density at radius 2 is 1.64 bits per heavy atom. The fraction of sp³-hybridized carbons (Fsp3) is 0.333. The summed E-state index contributed by atoms with van der Waals surface area (Å²) in [6.07, 6.45) is 1.55. The van der Waals surface area contributed by atoms with Gasteiger partial charge in [-0.2, -0.15) is 0 Å². The summed E-state index contributed by atoms with van der Waals surface area (Å²) in [4.78, 5) is 23.7. The lowest BCUT2D eigenvalue weighted by molar-refractivity contribution is -0.121. The second kappa shape index (κ2) is 9.02. The quantitative estimate of drug-likeness (QED) is 0.756. The van der Waals surface area contributed by atoms with Gasteiger partial charge < -0.3 is 10.4 Å². The fourth-order valence-electron chi connectivity index (χ4n) is 2.90. The summed E-state index contributed by atoms with van der Waals surface area (Å²) in [6.45, 7) is 4.26. The second-order valence-corrected chi connectivity index (χ2v) is 6.62. The van der Waals surface area contributed by atoms with Gasteiger partial charge in [0.2, 0.25) is 5.91 Å². The molecule has 2 rings (SSSR count). The number of carbonyl (C=O) groups excluding carboxylic acids is 1. The Kier molecular flexibility index (Phi) is 6.75. The average Bonchev–Trinajstić information content (AvgIpc) is 2.60. The molecule has 132 valence electrons. The third-order valence-electron chi connectivity index (χ3n) is 4.11. The molecule has 0 aliphatic heterocycles. The Bertz CT molecular complexity index is 710. The molecule has 0 saturated heterocycles. The van der Waals surface area contributed by atoms with Crippen molar-refractivity contribution in [2.45, 2.75) is 39.2 Å². The molecule has 0 aliphatic rings. The van der Waals surface area contributed by atoms with E-state index < -0.39 is 5.97 Å². The van der Waals surface area contributed by atoms with Crippen LogP contribution in [-0.2, 0) is 11.2 Å². The third kappa shape index (κ3) is 5.75. The Balaban J connectivity index is 2.01. The third-order valence-corrected chi connectivity index (χ3v) is 4.11. The van der Waals surface area contributed by atoms with E-state index in [1.54, 1.807) is 24.3 Å². The first-order valence-electron chi connectivity index (χ1n) is 8.63. The van der Waals surface area contributed by atoms with Crippen LogP contribution >= 0.6 is 0 Å². The SMILES string of the molecule is CC(C)CC(NC(=O)CCc1ccccc1C(=O)O)c1ccccc1. The van der Waals surface area contributed by atoms with Crippen LogP contribution in [0.2, 0.25) is 0 Å². The van der Waals surface area contributed by atoms with Crippen molar-refractivity contribution in [3.05, 3.63) is 71.3 Å². The first kappa shape index (κ1) is 18.7. The molecule has 2 aromatic carbocycles. The Morgan fingerprint density at radius 1 is 1.00 bits per heavy atom. The monoisotopic (exact) mass is 339 g/mol. The van der Waals surface area contributed by atoms with Crippen molar-refractivity contribution in [3.63, 3.8) is 0 Å². The summed E-state index contributed by atoms with van der Waals surface area (Å²) in [5, 5.41) is 12.3. The fourth-order valence-corrected chi connectivity index (χ4v) is 2.90. The van der Waals surface area contributed by atoms with Gasteiger partial charge in [0.1, 0.15) is 0 Å². The molecule has 0 heterocycles. The van der Waals surface area contributed by atoms with Crippen molar-refractivity contribution in [1.82, 2.24) is 5.32 Å². The van der Waals surface area contributed by atoms with Crippen LogP contribution in [0.1, 0.15) is 54.2 Å². The number of rotatable bonds is 8. The summed E-state index contributed by atoms with van der Waals surface area (Å²) in [5.74, 6) is -0.564. The number of amides is 1. The van der Waals surface area contributed by atoms with Gasteiger partial charge in [0.25, 0.3) is 0 Å². The smallest absolute Gasteiger partial charge is 0.335 e. The van der Waals surface area contributed by atoms with Gasteiger partial charge in [-0.15, -0.1) is 0 Å². The van der Waals surface area contributed by atoms with Crippen LogP contribution in [0.4, 0.5) is 0 Å². The van der Waals surface area contributed by atoms with Crippen molar-refractivity contribution in [1.29, 1.82) is 0 Å². The average molecular weight is 339 g/mol. The molecule has 0 aliphatic carbocycles. The van der Waals surface area contributed by atoms with E-state index in [2.05, 4.69) is 19.2 Å². The van der Waals surface area contributed by atoms with E-state index in [4.69, 9.17) is 0 Å². The number of hydrogen-bond donors (Lipinski definition) is 2. The molecule has 1 atom stereocenters. The zero-order valence-corrected chi connectivity index (χ0v) is 14.7. The highest BCUT2D eigenvalue weighted by molar-refractivity contribution is 5.89. The van der Waals surface area contributed by atoms with Crippen molar-refractivity contribution in [2.75, 3.05) is 0 Å². The molecule has 4 nitrogen and oxygen atoms in total. The molecule has 2 N–H and O–H groups in total. The lowest BCUT2D eigenvalue weighted by atomic mass is 9.96. The summed E-state index contributed by atoms with van der Waals surface area (Å²) in [6, 6.07) is 16.7. The normalized spacial score (nSPS) is 12.0. The van der Waals surface area contributed by atoms with Crippen LogP contribution in [0, 0.1) is 5.92 Å². The van der Waals surface area contributed by atoms with Crippen LogP contribution in [0.5, 0.6) is 0 Å². The summed E-state index contributed by atoms with van der Waals surface area (Å²) in [7, 11) is 0. The van der Waals surface area contributed by atoms with Gasteiger partial charge >= 0.3 is 5.97 Å². The van der Waals surface area contributed by atoms with E-state index in [1.165, 1.54) is 0 Å². The van der Waals surface area contributed by atoms with E-state index in [0.29, 0.717) is 17.9 Å². The van der Waals surface area contributed by atoms with E-state index in [0.717, 1.165) is 12.0 Å². The molecule has 1 amide bonds. The number of carbonyl (C=O) groups is 2. The highest BCUT2D eigenvalue weighted by Crippen LogP contribution is 2.21. The minimum absolute atomic E-state index is 0.0246. The van der Waals surface area contributed by atoms with E-state index in [9.17, 15) is 14.7 Å². The first-order valence-corrected chi connectivity index (χ1v) is 8.63. The molecule has 0 bridgehead atoms. The summed E-state index contributed by atoms with van der Waals surface area (Å²) >= 11 is 0. The van der Waals surface area contributed by atoms with Gasteiger partial charge in [0, 0.05) is 6.42 Å². The number of hydrogen-bond acceptors (Lipinski definition) is 2. The number of aromatic carboxylic acids is 1. The minimum Gasteiger partial charge on any atom is -0.478 e. The Labute approximate surface area is 148 Å². The van der Waals surface area contributed by atoms with Gasteiger partial charge in [-0.3, -0.25) is 4.79 Å². The highest BCUT2D eigenvalue weighted by atomic mass is 16.4. The molecule has 2 aromatic rings. The second-order valence-electron chi connectivity index (χ2n) is 6.62. The molecule has 0 aromatic heterocycles. The number of aryl methyl sites for hydroxylation is 1. The minimum atomic E-state index is -0.960. The van der Waals surface area contributed by atoms with Crippen molar-refractivity contribution in [2.24, 2.45) is 5.92 Å². The Morgan fingerprint density at radius 3 is 2.28 bits per heavy atom. The van der Waals surface area contributed by atoms with Crippen molar-refractivity contribution in [3.8, 4) is 0 Å². The molecule has 25 heavy (non-hydrogen) atoms. The van der Waals surface area contributed by atoms with E-state index >= 15 is 0 Å². The van der Waals surface area contributed by atoms with Crippen LogP contribution in [0.3, 0.4) is 0 Å². The first-order chi connectivity index (χ1) is 12.0. The zero-order valence-electron chi connectivity index (χ0n) is 14.7. The standard InChI is InChI=1S/C21H25NO3/c1-15(2)14-19(17-9-4-3-5-10-17)22-20(23)13-12-16-8-6-7-11-18(16)21(24)25/h3-11,15,19H,12-14H2,1-2H3,(H,22,23)(H,24,25). The maximum atomic E-state index is 12.4. The largest absolute Gasteiger partial charge is 0.478 e. The van der Waals surface area contributed by atoms with Gasteiger partial charge in [-0.25, -0.2) is 4.79 Å². The predicted octanol–water partition coefficient (Wildman–Crippen LogP) is 4.22. The number of benzene rings is 2. The maximum absolute atomic E-state index is 12.4. The van der Waals surface area contributed by atoms with Gasteiger partial charge in [0.05, 0.1) is 11.6 Å². The topological polar surface area (TPSA) is 66.4 Å². The van der Waals surface area contributed by atoms with Crippen LogP contribution < -0.4 is 5.32 Å². The Hall–Kier alpha value is -2.62. The zero-order chi connectivity index (χ0) is 18.2. The van der Waals surface area contributed by atoms with Gasteiger partial charge in [-0.1, -0.05) is 62.4 Å². The lowest BCUT2D eigenvalue weighted by Gasteiger charge is -2.21. The molecular formula is C21H25NO3. The highest BCUT2D eigenvalue weighted by Gasteiger charge is 2.17. The van der Waals surface area contributed by atoms with E-state index in [1.807, 2.05) is 30.3 Å². The molecule has 0 radical (unpaired) electrons. The van der Waals surface area contributed by atoms with Crippen LogP contribution in [0.15, 0.2) is 54.6 Å². The molecule has 4 heteroatoms. The van der Waals surface area contributed by atoms with Crippen molar-refractivity contribution >= 4 is 11.9 Å². The van der Waals surface area contributed by atoms with Gasteiger partial charge in [0.15, 0.2) is 0 Å². The molecular weight excluding hydrogens is 314 g/mol. The lowest BCUT2D eigenvalue weighted by Crippen LogP contribution is -2.29. The summed E-state index contributed by atoms with van der Waals surface area (Å²) < 4.78 is 0. The predicted molar refractivity (Wildman–Crippen MR) is 98.5 cm³/mol. The van der Waals surface area contributed by atoms with Crippen LogP contribution in [0.25, 0.3) is 0 Å². The maximum Gasteiger partial charge on any atom is 0.335 e. The molecule has 0 fully saturated rings. The number of carboxylic acid groups (broad SMARTS) is 1. The number of nitrogens with one attached hydrogen (secondary N) is 1. The van der Waals surface area contributed by atoms with Crippen LogP contribution in [-0.4, -0.2) is 17.0 Å². The van der Waals surface area contributed by atoms with E-state index in [-0.39, 0.29) is 23.9 Å².